The Kier molecular flexibility index (Phi) is 7.26. The highest BCUT2D eigenvalue weighted by Crippen LogP contribution is 2.27. The number of ether oxygens (including phenoxy) is 1. The number of benzene rings is 2. The van der Waals surface area contributed by atoms with E-state index in [0.717, 1.165) is 11.8 Å². The summed E-state index contributed by atoms with van der Waals surface area (Å²) in [5.41, 5.74) is 1.14. The summed E-state index contributed by atoms with van der Waals surface area (Å²) in [6.45, 7) is 1.27. The first-order valence-corrected chi connectivity index (χ1v) is 12.2. The third-order valence-electron chi connectivity index (χ3n) is 6.58. The van der Waals surface area contributed by atoms with E-state index in [2.05, 4.69) is 4.98 Å². The second-order valence-electron chi connectivity index (χ2n) is 9.10. The van der Waals surface area contributed by atoms with Crippen molar-refractivity contribution in [1.82, 2.24) is 9.88 Å². The van der Waals surface area contributed by atoms with Crippen molar-refractivity contribution < 1.29 is 27.5 Å². The molecule has 5 rings (SSSR count). The molecule has 1 saturated heterocycles. The first kappa shape index (κ1) is 25.3. The van der Waals surface area contributed by atoms with Crippen LogP contribution in [0.2, 0.25) is 0 Å². The van der Waals surface area contributed by atoms with Gasteiger partial charge in [-0.05, 0) is 55.3 Å². The second kappa shape index (κ2) is 10.9. The predicted molar refractivity (Wildman–Crippen MR) is 135 cm³/mol. The van der Waals surface area contributed by atoms with Crippen LogP contribution in [0.4, 0.5) is 18.9 Å². The maximum absolute atomic E-state index is 14.0. The molecule has 3 aromatic rings. The molecule has 0 radical (unpaired) electrons. The maximum atomic E-state index is 14.0. The fourth-order valence-electron chi connectivity index (χ4n) is 4.53. The Morgan fingerprint density at radius 2 is 1.66 bits per heavy atom. The number of nitrogens with zero attached hydrogens (tertiary/aromatic N) is 3. The highest BCUT2D eigenvalue weighted by atomic mass is 19.1. The van der Waals surface area contributed by atoms with Crippen LogP contribution in [-0.2, 0) is 4.79 Å². The zero-order valence-corrected chi connectivity index (χ0v) is 20.3. The lowest BCUT2D eigenvalue weighted by Crippen LogP contribution is -2.41. The average Bonchev–Trinajstić information content (AvgIpc) is 2.94. The van der Waals surface area contributed by atoms with Crippen LogP contribution >= 0.6 is 0 Å². The minimum absolute atomic E-state index is 0.118. The van der Waals surface area contributed by atoms with Crippen molar-refractivity contribution in [3.05, 3.63) is 108 Å². The third kappa shape index (κ3) is 5.61. The van der Waals surface area contributed by atoms with Gasteiger partial charge in [-0.1, -0.05) is 12.2 Å². The SMILES string of the molecule is O=C(c1ccc(F)cc1F)C1CCN(C(=O)C2=CN(c3ccc(Oc4ccc(F)cc4)nc3)CC=C2)CC1. The van der Waals surface area contributed by atoms with Gasteiger partial charge in [0.05, 0.1) is 23.0 Å². The number of amides is 1. The first-order valence-electron chi connectivity index (χ1n) is 12.2. The van der Waals surface area contributed by atoms with Crippen LogP contribution in [0.5, 0.6) is 11.6 Å². The Balaban J connectivity index is 1.19. The van der Waals surface area contributed by atoms with Gasteiger partial charge in [-0.25, -0.2) is 18.2 Å². The molecule has 0 aliphatic carbocycles. The van der Waals surface area contributed by atoms with Gasteiger partial charge >= 0.3 is 0 Å². The summed E-state index contributed by atoms with van der Waals surface area (Å²) in [6.07, 6.45) is 7.84. The molecule has 0 atom stereocenters. The topological polar surface area (TPSA) is 62.7 Å². The molecule has 9 heteroatoms. The number of piperidine rings is 1. The van der Waals surface area contributed by atoms with Crippen molar-refractivity contribution >= 4 is 17.4 Å². The molecule has 2 aliphatic heterocycles. The van der Waals surface area contributed by atoms with Gasteiger partial charge in [0.1, 0.15) is 23.2 Å². The fourth-order valence-corrected chi connectivity index (χ4v) is 4.53. The van der Waals surface area contributed by atoms with E-state index < -0.39 is 17.6 Å². The van der Waals surface area contributed by atoms with Crippen molar-refractivity contribution in [2.24, 2.45) is 5.92 Å². The van der Waals surface area contributed by atoms with Gasteiger partial charge in [0.15, 0.2) is 5.78 Å². The summed E-state index contributed by atoms with van der Waals surface area (Å²) < 4.78 is 45.9. The first-order chi connectivity index (χ1) is 18.4. The minimum Gasteiger partial charge on any atom is -0.439 e. The van der Waals surface area contributed by atoms with Crippen LogP contribution in [0.25, 0.3) is 0 Å². The molecule has 3 heterocycles. The Morgan fingerprint density at radius 3 is 2.34 bits per heavy atom. The van der Waals surface area contributed by atoms with Crippen LogP contribution in [0.3, 0.4) is 0 Å². The summed E-state index contributed by atoms with van der Waals surface area (Å²) in [5.74, 6) is -2.07. The normalized spacial score (nSPS) is 15.8. The standard InChI is InChI=1S/C29H24F3N3O3/c30-21-3-7-24(8-4-21)38-27-10-6-23(17-33-27)35-13-1-2-20(18-35)29(37)34-14-11-19(12-15-34)28(36)25-9-5-22(31)16-26(25)32/h1-10,16-19H,11-15H2. The maximum Gasteiger partial charge on any atom is 0.255 e. The van der Waals surface area contributed by atoms with Crippen LogP contribution in [-0.4, -0.2) is 41.2 Å². The second-order valence-corrected chi connectivity index (χ2v) is 9.10. The molecular formula is C29H24F3N3O3. The quantitative estimate of drug-likeness (QED) is 0.393. The summed E-state index contributed by atoms with van der Waals surface area (Å²) in [4.78, 5) is 33.8. The highest BCUT2D eigenvalue weighted by molar-refractivity contribution is 5.99. The molecule has 0 saturated carbocycles. The number of rotatable bonds is 6. The van der Waals surface area contributed by atoms with E-state index in [-0.39, 0.29) is 23.1 Å². The summed E-state index contributed by atoms with van der Waals surface area (Å²) in [7, 11) is 0. The monoisotopic (exact) mass is 519 g/mol. The number of hydrogen-bond donors (Lipinski definition) is 0. The lowest BCUT2D eigenvalue weighted by atomic mass is 9.88. The Labute approximate surface area is 217 Å². The minimum atomic E-state index is -0.865. The number of pyridine rings is 1. The van der Waals surface area contributed by atoms with Crippen LogP contribution in [0.1, 0.15) is 23.2 Å². The molecule has 1 fully saturated rings. The van der Waals surface area contributed by atoms with Crippen molar-refractivity contribution in [2.75, 3.05) is 24.5 Å². The molecule has 0 spiro atoms. The van der Waals surface area contributed by atoms with E-state index in [4.69, 9.17) is 4.74 Å². The van der Waals surface area contributed by atoms with E-state index in [1.54, 1.807) is 29.4 Å². The zero-order valence-electron chi connectivity index (χ0n) is 20.3. The number of carbonyl (C=O) groups is 2. The lowest BCUT2D eigenvalue weighted by molar-refractivity contribution is -0.128. The Bertz CT molecular complexity index is 1400. The van der Waals surface area contributed by atoms with Crippen molar-refractivity contribution in [3.8, 4) is 11.6 Å². The molecule has 194 valence electrons. The molecule has 38 heavy (non-hydrogen) atoms. The van der Waals surface area contributed by atoms with Gasteiger partial charge in [-0.15, -0.1) is 0 Å². The van der Waals surface area contributed by atoms with E-state index in [0.29, 0.717) is 55.7 Å². The molecular weight excluding hydrogens is 495 g/mol. The predicted octanol–water partition coefficient (Wildman–Crippen LogP) is 5.67. The molecule has 6 nitrogen and oxygen atoms in total. The molecule has 2 aromatic carbocycles. The molecule has 1 aromatic heterocycles. The number of Topliss-reactive ketones (excluding diaryl/α,β-unsaturated/α-hetero) is 1. The number of anilines is 1. The molecule has 1 amide bonds. The van der Waals surface area contributed by atoms with Crippen LogP contribution < -0.4 is 9.64 Å². The lowest BCUT2D eigenvalue weighted by Gasteiger charge is -2.32. The summed E-state index contributed by atoms with van der Waals surface area (Å²) in [5, 5.41) is 0. The van der Waals surface area contributed by atoms with E-state index in [1.807, 2.05) is 17.0 Å². The Morgan fingerprint density at radius 1 is 0.921 bits per heavy atom. The number of likely N-dealkylation sites (tertiary alicyclic amines) is 1. The number of carbonyl (C=O) groups excluding carboxylic acids is 2. The molecule has 2 aliphatic rings. The number of ketones is 1. The van der Waals surface area contributed by atoms with Gasteiger partial charge in [-0.3, -0.25) is 9.59 Å². The number of aromatic nitrogens is 1. The average molecular weight is 520 g/mol. The van der Waals surface area contributed by atoms with Crippen molar-refractivity contribution in [3.63, 3.8) is 0 Å². The van der Waals surface area contributed by atoms with Gasteiger partial charge in [0.25, 0.3) is 5.91 Å². The van der Waals surface area contributed by atoms with Gasteiger partial charge < -0.3 is 14.5 Å². The largest absolute Gasteiger partial charge is 0.439 e. The van der Waals surface area contributed by atoms with Crippen molar-refractivity contribution in [1.29, 1.82) is 0 Å². The van der Waals surface area contributed by atoms with Gasteiger partial charge in [0, 0.05) is 43.9 Å². The highest BCUT2D eigenvalue weighted by Gasteiger charge is 2.30. The van der Waals surface area contributed by atoms with Crippen LogP contribution in [0.15, 0.2) is 84.7 Å². The molecule has 0 N–H and O–H groups in total. The van der Waals surface area contributed by atoms with Crippen molar-refractivity contribution in [2.45, 2.75) is 12.8 Å². The number of halogens is 3. The molecule has 0 unspecified atom stereocenters. The Hall–Kier alpha value is -4.40. The third-order valence-corrected chi connectivity index (χ3v) is 6.58. The van der Waals surface area contributed by atoms with E-state index >= 15 is 0 Å². The fraction of sp³-hybridized carbons (Fsp3) is 0.207. The summed E-state index contributed by atoms with van der Waals surface area (Å²) in [6, 6.07) is 12.1. The van der Waals surface area contributed by atoms with Crippen LogP contribution in [0, 0.1) is 23.4 Å². The smallest absolute Gasteiger partial charge is 0.255 e. The summed E-state index contributed by atoms with van der Waals surface area (Å²) >= 11 is 0. The van der Waals surface area contributed by atoms with E-state index in [1.165, 1.54) is 30.3 Å². The van der Waals surface area contributed by atoms with Gasteiger partial charge in [0.2, 0.25) is 5.88 Å². The van der Waals surface area contributed by atoms with E-state index in [9.17, 15) is 22.8 Å². The van der Waals surface area contributed by atoms with Gasteiger partial charge in [-0.2, -0.15) is 0 Å². The zero-order chi connectivity index (χ0) is 26.6. The number of hydrogen-bond acceptors (Lipinski definition) is 5. The molecule has 0 bridgehead atoms.